The summed E-state index contributed by atoms with van der Waals surface area (Å²) in [6, 6.07) is 7.14. The zero-order valence-corrected chi connectivity index (χ0v) is 10.7. The second-order valence-corrected chi connectivity index (χ2v) is 5.58. The highest BCUT2D eigenvalue weighted by Gasteiger charge is 2.13. The molecule has 0 amide bonds. The summed E-state index contributed by atoms with van der Waals surface area (Å²) in [6.45, 7) is 3.97. The Morgan fingerprint density at radius 3 is 2.28 bits per heavy atom. The van der Waals surface area contributed by atoms with Crippen molar-refractivity contribution in [2.75, 3.05) is 0 Å². The van der Waals surface area contributed by atoms with Crippen molar-refractivity contribution in [2.45, 2.75) is 24.7 Å². The topological polar surface area (TPSA) is 60.2 Å². The second kappa shape index (κ2) is 4.53. The van der Waals surface area contributed by atoms with Gasteiger partial charge in [-0.2, -0.15) is 8.42 Å². The number of halogens is 1. The molecular formula is C12H12FNO3S. The van der Waals surface area contributed by atoms with Crippen LogP contribution in [0.5, 0.6) is 0 Å². The maximum atomic E-state index is 12.7. The standard InChI is InChI=1S/C12H12FNO3S/c1-8(2)11-7-12(17-14-11)9-3-5-10(6-4-9)18(13,15)16/h3-8H,1-2H3. The number of hydrogen-bond donors (Lipinski definition) is 0. The van der Waals surface area contributed by atoms with Crippen LogP contribution in [0.1, 0.15) is 25.5 Å². The van der Waals surface area contributed by atoms with Crippen LogP contribution in [0.4, 0.5) is 3.89 Å². The minimum absolute atomic E-state index is 0.244. The molecule has 1 heterocycles. The van der Waals surface area contributed by atoms with Gasteiger partial charge in [-0.3, -0.25) is 0 Å². The summed E-state index contributed by atoms with van der Waals surface area (Å²) in [6.07, 6.45) is 0. The number of benzene rings is 1. The lowest BCUT2D eigenvalue weighted by Gasteiger charge is -1.97. The van der Waals surface area contributed by atoms with E-state index in [2.05, 4.69) is 5.16 Å². The molecule has 0 atom stereocenters. The van der Waals surface area contributed by atoms with Gasteiger partial charge in [0.1, 0.15) is 0 Å². The summed E-state index contributed by atoms with van der Waals surface area (Å²) in [5.74, 6) is 0.773. The molecular weight excluding hydrogens is 257 g/mol. The molecule has 0 aliphatic carbocycles. The monoisotopic (exact) mass is 269 g/mol. The predicted molar refractivity (Wildman–Crippen MR) is 64.3 cm³/mol. The highest BCUT2D eigenvalue weighted by molar-refractivity contribution is 7.86. The maximum absolute atomic E-state index is 12.7. The minimum Gasteiger partial charge on any atom is -0.356 e. The molecule has 0 spiro atoms. The first-order valence-corrected chi connectivity index (χ1v) is 6.78. The van der Waals surface area contributed by atoms with Crippen LogP contribution in [0.25, 0.3) is 11.3 Å². The predicted octanol–water partition coefficient (Wildman–Crippen LogP) is 3.12. The third kappa shape index (κ3) is 2.59. The van der Waals surface area contributed by atoms with Gasteiger partial charge >= 0.3 is 10.2 Å². The first-order valence-electron chi connectivity index (χ1n) is 5.39. The third-order valence-electron chi connectivity index (χ3n) is 2.54. The first-order chi connectivity index (χ1) is 8.38. The Labute approximate surface area is 105 Å². The molecule has 0 N–H and O–H groups in total. The molecule has 96 valence electrons. The molecule has 0 bridgehead atoms. The molecule has 0 radical (unpaired) electrons. The van der Waals surface area contributed by atoms with E-state index in [-0.39, 0.29) is 10.8 Å². The van der Waals surface area contributed by atoms with E-state index in [0.29, 0.717) is 11.3 Å². The molecule has 4 nitrogen and oxygen atoms in total. The van der Waals surface area contributed by atoms with Crippen molar-refractivity contribution in [3.63, 3.8) is 0 Å². The van der Waals surface area contributed by atoms with Gasteiger partial charge < -0.3 is 4.52 Å². The summed E-state index contributed by atoms with van der Waals surface area (Å²) in [5, 5.41) is 3.90. The number of rotatable bonds is 3. The van der Waals surface area contributed by atoms with Crippen molar-refractivity contribution in [2.24, 2.45) is 0 Å². The van der Waals surface area contributed by atoms with Crippen molar-refractivity contribution in [3.8, 4) is 11.3 Å². The van der Waals surface area contributed by atoms with E-state index in [0.717, 1.165) is 5.69 Å². The summed E-state index contributed by atoms with van der Waals surface area (Å²) in [4.78, 5) is -0.366. The van der Waals surface area contributed by atoms with E-state index in [9.17, 15) is 12.3 Å². The Morgan fingerprint density at radius 2 is 1.83 bits per heavy atom. The van der Waals surface area contributed by atoms with Gasteiger partial charge in [-0.15, -0.1) is 3.89 Å². The molecule has 1 aromatic heterocycles. The maximum Gasteiger partial charge on any atom is 0.332 e. The van der Waals surface area contributed by atoms with Gasteiger partial charge in [-0.1, -0.05) is 19.0 Å². The SMILES string of the molecule is CC(C)c1cc(-c2ccc(S(=O)(=O)F)cc2)on1. The lowest BCUT2D eigenvalue weighted by Crippen LogP contribution is -1.90. The Morgan fingerprint density at radius 1 is 1.22 bits per heavy atom. The van der Waals surface area contributed by atoms with Crippen LogP contribution in [0, 0.1) is 0 Å². The average Bonchev–Trinajstić information content (AvgIpc) is 2.77. The second-order valence-electron chi connectivity index (χ2n) is 4.23. The van der Waals surface area contributed by atoms with Gasteiger partial charge in [-0.25, -0.2) is 0 Å². The van der Waals surface area contributed by atoms with Crippen LogP contribution >= 0.6 is 0 Å². The summed E-state index contributed by atoms with van der Waals surface area (Å²) in [7, 11) is -4.66. The molecule has 0 saturated heterocycles. The van der Waals surface area contributed by atoms with Crippen LogP contribution < -0.4 is 0 Å². The first kappa shape index (κ1) is 12.8. The summed E-state index contributed by atoms with van der Waals surface area (Å²) < 4.78 is 39.2. The molecule has 0 aliphatic heterocycles. The van der Waals surface area contributed by atoms with Gasteiger partial charge in [0.05, 0.1) is 10.6 Å². The van der Waals surface area contributed by atoms with Crippen LogP contribution in [0.15, 0.2) is 39.8 Å². The van der Waals surface area contributed by atoms with E-state index in [4.69, 9.17) is 4.52 Å². The van der Waals surface area contributed by atoms with Crippen molar-refractivity contribution in [1.82, 2.24) is 5.16 Å². The van der Waals surface area contributed by atoms with Gasteiger partial charge in [0, 0.05) is 11.6 Å². The van der Waals surface area contributed by atoms with E-state index < -0.39 is 10.2 Å². The lowest BCUT2D eigenvalue weighted by molar-refractivity contribution is 0.420. The van der Waals surface area contributed by atoms with Crippen LogP contribution in [-0.2, 0) is 10.2 Å². The van der Waals surface area contributed by atoms with E-state index in [1.54, 1.807) is 6.07 Å². The molecule has 2 rings (SSSR count). The lowest BCUT2D eigenvalue weighted by atomic mass is 10.1. The zero-order valence-electron chi connectivity index (χ0n) is 9.92. The summed E-state index contributed by atoms with van der Waals surface area (Å²) in [5.41, 5.74) is 1.47. The fourth-order valence-electron chi connectivity index (χ4n) is 1.48. The van der Waals surface area contributed by atoms with E-state index in [1.165, 1.54) is 24.3 Å². The van der Waals surface area contributed by atoms with Crippen molar-refractivity contribution < 1.29 is 16.8 Å². The fourth-order valence-corrected chi connectivity index (χ4v) is 1.94. The normalized spacial score (nSPS) is 12.0. The zero-order chi connectivity index (χ0) is 13.3. The Bertz CT molecular complexity index is 644. The van der Waals surface area contributed by atoms with Crippen LogP contribution in [0.3, 0.4) is 0 Å². The number of hydrogen-bond acceptors (Lipinski definition) is 4. The minimum atomic E-state index is -4.66. The van der Waals surface area contributed by atoms with Crippen molar-refractivity contribution in [1.29, 1.82) is 0 Å². The molecule has 1 aromatic carbocycles. The van der Waals surface area contributed by atoms with Crippen LogP contribution in [-0.4, -0.2) is 13.6 Å². The third-order valence-corrected chi connectivity index (χ3v) is 3.38. The Hall–Kier alpha value is -1.69. The Balaban J connectivity index is 2.34. The fraction of sp³-hybridized carbons (Fsp3) is 0.250. The molecule has 0 unspecified atom stereocenters. The molecule has 18 heavy (non-hydrogen) atoms. The van der Waals surface area contributed by atoms with Gasteiger partial charge in [0.25, 0.3) is 0 Å². The van der Waals surface area contributed by atoms with E-state index >= 15 is 0 Å². The van der Waals surface area contributed by atoms with E-state index in [1.807, 2.05) is 13.8 Å². The molecule has 0 saturated carbocycles. The highest BCUT2D eigenvalue weighted by atomic mass is 32.3. The average molecular weight is 269 g/mol. The van der Waals surface area contributed by atoms with Crippen LogP contribution in [0.2, 0.25) is 0 Å². The smallest absolute Gasteiger partial charge is 0.332 e. The van der Waals surface area contributed by atoms with Gasteiger partial charge in [-0.05, 0) is 30.2 Å². The molecule has 6 heteroatoms. The Kier molecular flexibility index (Phi) is 3.21. The molecule has 0 aliphatic rings. The highest BCUT2D eigenvalue weighted by Crippen LogP contribution is 2.25. The van der Waals surface area contributed by atoms with Gasteiger partial charge in [0.15, 0.2) is 5.76 Å². The van der Waals surface area contributed by atoms with Gasteiger partial charge in [0.2, 0.25) is 0 Å². The molecule has 2 aromatic rings. The number of nitrogens with zero attached hydrogens (tertiary/aromatic N) is 1. The molecule has 0 fully saturated rings. The number of aromatic nitrogens is 1. The summed E-state index contributed by atoms with van der Waals surface area (Å²) >= 11 is 0. The van der Waals surface area contributed by atoms with Crippen molar-refractivity contribution >= 4 is 10.2 Å². The largest absolute Gasteiger partial charge is 0.356 e. The van der Waals surface area contributed by atoms with Crippen molar-refractivity contribution in [3.05, 3.63) is 36.0 Å². The quantitative estimate of drug-likeness (QED) is 0.803.